The number of alkyl halides is 3. The van der Waals surface area contributed by atoms with Gasteiger partial charge in [0, 0.05) is 6.07 Å². The van der Waals surface area contributed by atoms with E-state index in [1.54, 1.807) is 0 Å². The summed E-state index contributed by atoms with van der Waals surface area (Å²) >= 11 is 19.0. The Morgan fingerprint density at radius 1 is 1.50 bits per heavy atom. The van der Waals surface area contributed by atoms with Crippen molar-refractivity contribution in [2.45, 2.75) is 3.79 Å². The molecule has 0 spiro atoms. The van der Waals surface area contributed by atoms with Gasteiger partial charge in [-0.1, -0.05) is 34.8 Å². The van der Waals surface area contributed by atoms with Crippen LogP contribution in [0.2, 0.25) is 0 Å². The molecule has 1 rings (SSSR count). The Balaban J connectivity index is 2.81. The molecular weight excluding hydrogens is 348 g/mol. The number of hydrogen-bond acceptors (Lipinski definition) is 4. The highest BCUT2D eigenvalue weighted by Gasteiger charge is 2.25. The number of halogens is 4. The Kier molecular flexibility index (Phi) is 4.23. The second-order valence-corrected chi connectivity index (χ2v) is 6.05. The van der Waals surface area contributed by atoms with Crippen LogP contribution < -0.4 is 0 Å². The molecule has 1 heterocycles. The van der Waals surface area contributed by atoms with Gasteiger partial charge < -0.3 is 14.9 Å². The molecule has 0 saturated heterocycles. The minimum Gasteiger partial charge on any atom is -0.494 e. The van der Waals surface area contributed by atoms with E-state index < -0.39 is 28.3 Å². The first-order chi connectivity index (χ1) is 7.22. The Hall–Kier alpha value is -0.300. The van der Waals surface area contributed by atoms with Gasteiger partial charge in [0.05, 0.1) is 4.47 Å². The zero-order valence-corrected chi connectivity index (χ0v) is 11.3. The summed E-state index contributed by atoms with van der Waals surface area (Å²) in [5.41, 5.74) is 0. The minimum absolute atomic E-state index is 0.135. The SMILES string of the molecule is O=C(OCC(Cl)(Cl)Cl)n1c(O)cc(Br)c1O. The van der Waals surface area contributed by atoms with Crippen LogP contribution >= 0.6 is 50.7 Å². The Labute approximate surface area is 114 Å². The van der Waals surface area contributed by atoms with Crippen LogP contribution in [0.25, 0.3) is 0 Å². The number of aromatic hydroxyl groups is 2. The third-order valence-corrected chi connectivity index (χ3v) is 2.36. The first-order valence-electron chi connectivity index (χ1n) is 3.75. The molecule has 16 heavy (non-hydrogen) atoms. The zero-order valence-electron chi connectivity index (χ0n) is 7.45. The lowest BCUT2D eigenvalue weighted by Gasteiger charge is -2.12. The highest BCUT2D eigenvalue weighted by molar-refractivity contribution is 9.10. The molecule has 0 amide bonds. The van der Waals surface area contributed by atoms with Crippen LogP contribution in [-0.2, 0) is 4.74 Å². The Morgan fingerprint density at radius 3 is 2.44 bits per heavy atom. The van der Waals surface area contributed by atoms with Crippen molar-refractivity contribution in [2.75, 3.05) is 6.61 Å². The first-order valence-corrected chi connectivity index (χ1v) is 5.68. The van der Waals surface area contributed by atoms with E-state index in [1.165, 1.54) is 0 Å². The van der Waals surface area contributed by atoms with Gasteiger partial charge in [0.1, 0.15) is 6.61 Å². The van der Waals surface area contributed by atoms with Gasteiger partial charge >= 0.3 is 6.09 Å². The third-order valence-electron chi connectivity index (χ3n) is 1.45. The van der Waals surface area contributed by atoms with Gasteiger partial charge in [0.15, 0.2) is 0 Å². The van der Waals surface area contributed by atoms with Crippen LogP contribution in [0.15, 0.2) is 10.5 Å². The molecule has 0 fully saturated rings. The van der Waals surface area contributed by atoms with Gasteiger partial charge in [0.25, 0.3) is 0 Å². The van der Waals surface area contributed by atoms with Crippen molar-refractivity contribution in [2.24, 2.45) is 0 Å². The number of carbonyl (C=O) groups excluding carboxylic acids is 1. The Morgan fingerprint density at radius 2 is 2.06 bits per heavy atom. The maximum Gasteiger partial charge on any atom is 0.423 e. The summed E-state index contributed by atoms with van der Waals surface area (Å²) in [6.45, 7) is -0.509. The molecule has 0 saturated carbocycles. The van der Waals surface area contributed by atoms with E-state index in [4.69, 9.17) is 34.8 Å². The highest BCUT2D eigenvalue weighted by Crippen LogP contribution is 2.32. The van der Waals surface area contributed by atoms with E-state index >= 15 is 0 Å². The van der Waals surface area contributed by atoms with Gasteiger partial charge in [-0.05, 0) is 15.9 Å². The van der Waals surface area contributed by atoms with E-state index in [2.05, 4.69) is 20.7 Å². The molecule has 2 N–H and O–H groups in total. The lowest BCUT2D eigenvalue weighted by molar-refractivity contribution is 0.144. The standard InChI is InChI=1S/C7H5BrCl3NO4/c8-3-1-4(13)12(5(3)14)6(15)16-2-7(9,10)11/h1,13-14H,2H2. The summed E-state index contributed by atoms with van der Waals surface area (Å²) in [6.07, 6.45) is -1.06. The Bertz CT molecular complexity index is 414. The summed E-state index contributed by atoms with van der Waals surface area (Å²) in [7, 11) is 0. The quantitative estimate of drug-likeness (QED) is 0.762. The molecule has 0 unspecified atom stereocenters. The van der Waals surface area contributed by atoms with Gasteiger partial charge in [-0.15, -0.1) is 0 Å². The smallest absolute Gasteiger partial charge is 0.423 e. The molecule has 0 aliphatic carbocycles. The lowest BCUT2D eigenvalue weighted by Crippen LogP contribution is -2.20. The number of nitrogens with zero attached hydrogens (tertiary/aromatic N) is 1. The van der Waals surface area contributed by atoms with Crippen molar-refractivity contribution < 1.29 is 19.7 Å². The molecule has 0 radical (unpaired) electrons. The average molecular weight is 353 g/mol. The maximum atomic E-state index is 11.4. The van der Waals surface area contributed by atoms with Crippen molar-refractivity contribution >= 4 is 56.8 Å². The predicted octanol–water partition coefficient (Wildman–Crippen LogP) is 3.02. The highest BCUT2D eigenvalue weighted by atomic mass is 79.9. The molecule has 0 aromatic carbocycles. The maximum absolute atomic E-state index is 11.4. The van der Waals surface area contributed by atoms with E-state index in [-0.39, 0.29) is 4.47 Å². The van der Waals surface area contributed by atoms with Crippen molar-refractivity contribution in [3.8, 4) is 11.8 Å². The number of ether oxygens (including phenoxy) is 1. The molecule has 9 heteroatoms. The molecule has 0 bridgehead atoms. The topological polar surface area (TPSA) is 71.7 Å². The summed E-state index contributed by atoms with van der Waals surface area (Å²) in [4.78, 5) is 11.4. The van der Waals surface area contributed by atoms with E-state index in [1.807, 2.05) is 0 Å². The molecule has 0 aliphatic heterocycles. The molecule has 1 aromatic rings. The summed E-state index contributed by atoms with van der Waals surface area (Å²) in [5.74, 6) is -1.01. The largest absolute Gasteiger partial charge is 0.494 e. The van der Waals surface area contributed by atoms with Crippen LogP contribution in [0.4, 0.5) is 4.79 Å². The van der Waals surface area contributed by atoms with E-state index in [0.717, 1.165) is 6.07 Å². The number of hydrogen-bond donors (Lipinski definition) is 2. The van der Waals surface area contributed by atoms with Crippen LogP contribution in [0.5, 0.6) is 11.8 Å². The monoisotopic (exact) mass is 351 g/mol. The summed E-state index contributed by atoms with van der Waals surface area (Å²) in [5, 5.41) is 18.7. The van der Waals surface area contributed by atoms with Crippen LogP contribution in [-0.4, -0.2) is 31.3 Å². The first kappa shape index (κ1) is 13.8. The fourth-order valence-corrected chi connectivity index (χ4v) is 1.39. The second-order valence-electron chi connectivity index (χ2n) is 2.68. The minimum atomic E-state index is -1.76. The van der Waals surface area contributed by atoms with Crippen LogP contribution in [0.3, 0.4) is 0 Å². The number of aromatic nitrogens is 1. The van der Waals surface area contributed by atoms with Gasteiger partial charge in [0.2, 0.25) is 15.6 Å². The van der Waals surface area contributed by atoms with Crippen molar-refractivity contribution in [3.05, 3.63) is 10.5 Å². The summed E-state index contributed by atoms with van der Waals surface area (Å²) in [6, 6.07) is 1.12. The third kappa shape index (κ3) is 3.35. The van der Waals surface area contributed by atoms with Crippen LogP contribution in [0, 0.1) is 0 Å². The number of rotatable bonds is 1. The van der Waals surface area contributed by atoms with Crippen LogP contribution in [0.1, 0.15) is 0 Å². The van der Waals surface area contributed by atoms with Crippen molar-refractivity contribution in [1.29, 1.82) is 0 Å². The van der Waals surface area contributed by atoms with E-state index in [9.17, 15) is 15.0 Å². The molecule has 5 nitrogen and oxygen atoms in total. The van der Waals surface area contributed by atoms with Crippen molar-refractivity contribution in [1.82, 2.24) is 4.57 Å². The normalized spacial score (nSPS) is 11.5. The molecule has 0 aliphatic rings. The van der Waals surface area contributed by atoms with E-state index in [0.29, 0.717) is 4.57 Å². The van der Waals surface area contributed by atoms with Gasteiger partial charge in [-0.3, -0.25) is 0 Å². The average Bonchev–Trinajstić information content (AvgIpc) is 2.36. The fourth-order valence-electron chi connectivity index (χ4n) is 0.846. The molecule has 0 atom stereocenters. The lowest BCUT2D eigenvalue weighted by atomic mass is 10.6. The number of carbonyl (C=O) groups is 1. The molecule has 1 aromatic heterocycles. The second kappa shape index (κ2) is 4.91. The molecular formula is C7H5BrCl3NO4. The van der Waals surface area contributed by atoms with Crippen molar-refractivity contribution in [3.63, 3.8) is 0 Å². The molecule has 90 valence electrons. The fraction of sp³-hybridized carbons (Fsp3) is 0.286. The zero-order chi connectivity index (χ0) is 12.5. The predicted molar refractivity (Wildman–Crippen MR) is 62.5 cm³/mol. The van der Waals surface area contributed by atoms with Gasteiger partial charge in [-0.2, -0.15) is 4.57 Å². The van der Waals surface area contributed by atoms with Gasteiger partial charge in [-0.25, -0.2) is 4.79 Å². The summed E-state index contributed by atoms with van der Waals surface area (Å²) < 4.78 is 3.45.